The van der Waals surface area contributed by atoms with Gasteiger partial charge in [0.05, 0.1) is 7.11 Å². The molecule has 0 aliphatic carbocycles. The van der Waals surface area contributed by atoms with Crippen LogP contribution in [-0.4, -0.2) is 14.2 Å². The number of halogens is 2. The second-order valence-corrected chi connectivity index (χ2v) is 5.00. The molecule has 20 heavy (non-hydrogen) atoms. The van der Waals surface area contributed by atoms with E-state index in [-0.39, 0.29) is 11.9 Å². The van der Waals surface area contributed by atoms with Crippen LogP contribution in [0.4, 0.5) is 4.39 Å². The zero-order valence-corrected chi connectivity index (χ0v) is 12.5. The second-order valence-electron chi connectivity index (χ2n) is 4.60. The third-order valence-corrected chi connectivity index (χ3v) is 3.72. The fourth-order valence-electron chi connectivity index (χ4n) is 2.03. The summed E-state index contributed by atoms with van der Waals surface area (Å²) in [6.07, 6.45) is 0. The summed E-state index contributed by atoms with van der Waals surface area (Å²) >= 11 is 6.21. The fraction of sp³-hybridized carbons (Fsp3) is 0.250. The molecule has 0 radical (unpaired) electrons. The third kappa shape index (κ3) is 2.94. The van der Waals surface area contributed by atoms with Crippen molar-refractivity contribution in [1.82, 2.24) is 5.32 Å². The van der Waals surface area contributed by atoms with Crippen molar-refractivity contribution in [2.45, 2.75) is 13.0 Å². The predicted octanol–water partition coefficient (Wildman–Crippen LogP) is 4.44. The third-order valence-electron chi connectivity index (χ3n) is 3.39. The molecule has 1 N–H and O–H groups in total. The SMILES string of the molecule is CNC(C)c1ccc(Cl)c(-c2ccc(OC)cc2F)c1. The van der Waals surface area contributed by atoms with Crippen LogP contribution in [0.25, 0.3) is 11.1 Å². The first kappa shape index (κ1) is 14.8. The second kappa shape index (κ2) is 6.25. The summed E-state index contributed by atoms with van der Waals surface area (Å²) in [4.78, 5) is 0. The van der Waals surface area contributed by atoms with Crippen molar-refractivity contribution in [2.75, 3.05) is 14.2 Å². The van der Waals surface area contributed by atoms with Crippen molar-refractivity contribution in [3.05, 3.63) is 52.8 Å². The van der Waals surface area contributed by atoms with E-state index < -0.39 is 0 Å². The molecule has 2 rings (SSSR count). The largest absolute Gasteiger partial charge is 0.497 e. The topological polar surface area (TPSA) is 21.3 Å². The molecule has 1 atom stereocenters. The minimum absolute atomic E-state index is 0.173. The number of benzene rings is 2. The lowest BCUT2D eigenvalue weighted by atomic mass is 9.99. The lowest BCUT2D eigenvalue weighted by Crippen LogP contribution is -2.12. The molecule has 0 heterocycles. The Morgan fingerprint density at radius 3 is 2.50 bits per heavy atom. The molecule has 0 saturated carbocycles. The molecule has 2 aromatic carbocycles. The fourth-order valence-corrected chi connectivity index (χ4v) is 2.25. The van der Waals surface area contributed by atoms with Crippen molar-refractivity contribution in [2.24, 2.45) is 0 Å². The average molecular weight is 294 g/mol. The lowest BCUT2D eigenvalue weighted by Gasteiger charge is -2.14. The van der Waals surface area contributed by atoms with Crippen LogP contribution in [0.2, 0.25) is 5.02 Å². The van der Waals surface area contributed by atoms with Gasteiger partial charge in [0.15, 0.2) is 0 Å². The van der Waals surface area contributed by atoms with Gasteiger partial charge in [0, 0.05) is 28.3 Å². The summed E-state index contributed by atoms with van der Waals surface area (Å²) in [7, 11) is 3.39. The van der Waals surface area contributed by atoms with Gasteiger partial charge in [-0.05, 0) is 43.8 Å². The van der Waals surface area contributed by atoms with Crippen molar-refractivity contribution < 1.29 is 9.13 Å². The summed E-state index contributed by atoms with van der Waals surface area (Å²) in [6, 6.07) is 10.6. The van der Waals surface area contributed by atoms with Crippen LogP contribution >= 0.6 is 11.6 Å². The van der Waals surface area contributed by atoms with E-state index in [0.29, 0.717) is 21.9 Å². The number of ether oxygens (including phenoxy) is 1. The van der Waals surface area contributed by atoms with Crippen LogP contribution in [0, 0.1) is 5.82 Å². The Morgan fingerprint density at radius 2 is 1.90 bits per heavy atom. The van der Waals surface area contributed by atoms with Crippen molar-refractivity contribution in [3.63, 3.8) is 0 Å². The Balaban J connectivity index is 2.51. The molecule has 0 fully saturated rings. The highest BCUT2D eigenvalue weighted by molar-refractivity contribution is 6.33. The van der Waals surface area contributed by atoms with Crippen LogP contribution in [0.15, 0.2) is 36.4 Å². The Labute approximate surface area is 123 Å². The molecule has 2 aromatic rings. The summed E-state index contributed by atoms with van der Waals surface area (Å²) in [6.45, 7) is 2.04. The highest BCUT2D eigenvalue weighted by Gasteiger charge is 2.12. The lowest BCUT2D eigenvalue weighted by molar-refractivity contribution is 0.411. The molecule has 0 amide bonds. The van der Waals surface area contributed by atoms with E-state index in [1.165, 1.54) is 13.2 Å². The van der Waals surface area contributed by atoms with E-state index in [9.17, 15) is 4.39 Å². The van der Waals surface area contributed by atoms with Crippen LogP contribution in [0.3, 0.4) is 0 Å². The predicted molar refractivity (Wildman–Crippen MR) is 80.9 cm³/mol. The monoisotopic (exact) mass is 293 g/mol. The maximum absolute atomic E-state index is 14.2. The quantitative estimate of drug-likeness (QED) is 0.900. The first-order valence-electron chi connectivity index (χ1n) is 6.37. The van der Waals surface area contributed by atoms with E-state index in [1.54, 1.807) is 18.2 Å². The normalized spacial score (nSPS) is 12.2. The average Bonchev–Trinajstić information content (AvgIpc) is 2.47. The van der Waals surface area contributed by atoms with Gasteiger partial charge in [-0.15, -0.1) is 0 Å². The Kier molecular flexibility index (Phi) is 4.63. The van der Waals surface area contributed by atoms with Crippen LogP contribution in [0.1, 0.15) is 18.5 Å². The highest BCUT2D eigenvalue weighted by atomic mass is 35.5. The molecular formula is C16H17ClFNO. The van der Waals surface area contributed by atoms with Crippen LogP contribution in [-0.2, 0) is 0 Å². The molecular weight excluding hydrogens is 277 g/mol. The van der Waals surface area contributed by atoms with Gasteiger partial charge in [0.25, 0.3) is 0 Å². The van der Waals surface area contributed by atoms with Gasteiger partial charge in [-0.25, -0.2) is 4.39 Å². The molecule has 0 aromatic heterocycles. The van der Waals surface area contributed by atoms with Gasteiger partial charge < -0.3 is 10.1 Å². The number of hydrogen-bond acceptors (Lipinski definition) is 2. The Morgan fingerprint density at radius 1 is 1.15 bits per heavy atom. The molecule has 4 heteroatoms. The summed E-state index contributed by atoms with van der Waals surface area (Å²) < 4.78 is 19.2. The number of rotatable bonds is 4. The summed E-state index contributed by atoms with van der Waals surface area (Å²) in [5.41, 5.74) is 2.22. The van der Waals surface area contributed by atoms with Crippen LogP contribution < -0.4 is 10.1 Å². The molecule has 2 nitrogen and oxygen atoms in total. The molecule has 0 aliphatic heterocycles. The molecule has 0 saturated heterocycles. The highest BCUT2D eigenvalue weighted by Crippen LogP contribution is 2.33. The Bertz CT molecular complexity index is 615. The van der Waals surface area contributed by atoms with Crippen molar-refractivity contribution in [3.8, 4) is 16.9 Å². The van der Waals surface area contributed by atoms with Gasteiger partial charge in [0.1, 0.15) is 11.6 Å². The van der Waals surface area contributed by atoms with Crippen molar-refractivity contribution >= 4 is 11.6 Å². The first-order valence-corrected chi connectivity index (χ1v) is 6.75. The molecule has 1 unspecified atom stereocenters. The Hall–Kier alpha value is -1.58. The molecule has 0 aliphatic rings. The van der Waals surface area contributed by atoms with Gasteiger partial charge in [-0.3, -0.25) is 0 Å². The van der Waals surface area contributed by atoms with Gasteiger partial charge in [-0.1, -0.05) is 17.7 Å². The minimum Gasteiger partial charge on any atom is -0.497 e. The molecule has 106 valence electrons. The maximum Gasteiger partial charge on any atom is 0.134 e. The number of hydrogen-bond donors (Lipinski definition) is 1. The first-order chi connectivity index (χ1) is 9.56. The smallest absolute Gasteiger partial charge is 0.134 e. The van der Waals surface area contributed by atoms with Crippen LogP contribution in [0.5, 0.6) is 5.75 Å². The standard InChI is InChI=1S/C16H17ClFNO/c1-10(19-2)11-4-7-15(17)14(8-11)13-6-5-12(20-3)9-16(13)18/h4-10,19H,1-3H3. The van der Waals surface area contributed by atoms with E-state index in [1.807, 2.05) is 26.1 Å². The van der Waals surface area contributed by atoms with Gasteiger partial charge in [0.2, 0.25) is 0 Å². The zero-order valence-electron chi connectivity index (χ0n) is 11.7. The number of methoxy groups -OCH3 is 1. The van der Waals surface area contributed by atoms with Crippen molar-refractivity contribution in [1.29, 1.82) is 0 Å². The van der Waals surface area contributed by atoms with E-state index >= 15 is 0 Å². The van der Waals surface area contributed by atoms with E-state index in [4.69, 9.17) is 16.3 Å². The maximum atomic E-state index is 14.2. The zero-order chi connectivity index (χ0) is 14.7. The van der Waals surface area contributed by atoms with E-state index in [0.717, 1.165) is 5.56 Å². The molecule has 0 bridgehead atoms. The van der Waals surface area contributed by atoms with Gasteiger partial charge >= 0.3 is 0 Å². The molecule has 0 spiro atoms. The van der Waals surface area contributed by atoms with Gasteiger partial charge in [-0.2, -0.15) is 0 Å². The number of nitrogens with one attached hydrogen (secondary N) is 1. The minimum atomic E-state index is -0.347. The summed E-state index contributed by atoms with van der Waals surface area (Å²) in [5, 5.41) is 3.68. The van der Waals surface area contributed by atoms with E-state index in [2.05, 4.69) is 5.32 Å². The summed E-state index contributed by atoms with van der Waals surface area (Å²) in [5.74, 6) is 0.141.